The number of benzene rings is 2. The van der Waals surface area contributed by atoms with Crippen LogP contribution in [0.1, 0.15) is 36.4 Å². The van der Waals surface area contributed by atoms with Crippen molar-refractivity contribution in [2.24, 2.45) is 0 Å². The number of hydrogen-bond acceptors (Lipinski definition) is 7. The quantitative estimate of drug-likeness (QED) is 0.234. The predicted octanol–water partition coefficient (Wildman–Crippen LogP) is 8.57. The molecule has 7 nitrogen and oxygen atoms in total. The molecule has 0 bridgehead atoms. The minimum atomic E-state index is -0.0331. The van der Waals surface area contributed by atoms with Crippen LogP contribution in [0.3, 0.4) is 0 Å². The van der Waals surface area contributed by atoms with Gasteiger partial charge in [0.15, 0.2) is 5.15 Å². The maximum atomic E-state index is 9.17. The molecule has 0 amide bonds. The van der Waals surface area contributed by atoms with Crippen LogP contribution in [0.4, 0.5) is 5.69 Å². The molecule has 2 aromatic carbocycles. The van der Waals surface area contributed by atoms with E-state index in [4.69, 9.17) is 78.2 Å². The molecule has 0 aliphatic carbocycles. The van der Waals surface area contributed by atoms with Crippen LogP contribution in [-0.4, -0.2) is 15.2 Å². The van der Waals surface area contributed by atoms with E-state index >= 15 is 0 Å². The number of pyridine rings is 1. The van der Waals surface area contributed by atoms with Gasteiger partial charge in [-0.15, -0.1) is 10.2 Å². The van der Waals surface area contributed by atoms with Crippen molar-refractivity contribution in [3.05, 3.63) is 78.2 Å². The van der Waals surface area contributed by atoms with Crippen molar-refractivity contribution in [1.29, 1.82) is 5.26 Å². The lowest BCUT2D eigenvalue weighted by atomic mass is 10.0. The third-order valence-corrected chi connectivity index (χ3v) is 6.42. The molecule has 0 unspecified atom stereocenters. The van der Waals surface area contributed by atoms with Crippen LogP contribution < -0.4 is 10.5 Å². The number of anilines is 1. The Balaban J connectivity index is 0.00000176. The number of rotatable bonds is 5. The van der Waals surface area contributed by atoms with E-state index in [9.17, 15) is 0 Å². The summed E-state index contributed by atoms with van der Waals surface area (Å²) in [4.78, 5) is 4.09. The number of halogens is 5. The number of ether oxygens (including phenoxy) is 1. The lowest BCUT2D eigenvalue weighted by Gasteiger charge is -2.14. The van der Waals surface area contributed by atoms with Gasteiger partial charge < -0.3 is 14.9 Å². The highest BCUT2D eigenvalue weighted by Gasteiger charge is 2.21. The third kappa shape index (κ3) is 5.97. The molecular formula is C24H18Cl5N5O2. The number of nitrogens with two attached hydrogens (primary N) is 1. The summed E-state index contributed by atoms with van der Waals surface area (Å²) in [5.41, 5.74) is 7.96. The van der Waals surface area contributed by atoms with Gasteiger partial charge >= 0.3 is 0 Å². The van der Waals surface area contributed by atoms with Gasteiger partial charge in [-0.1, -0.05) is 77.9 Å². The fourth-order valence-corrected chi connectivity index (χ4v) is 4.13. The zero-order valence-corrected chi connectivity index (χ0v) is 22.9. The largest absolute Gasteiger partial charge is 0.455 e. The monoisotopic (exact) mass is 583 g/mol. The van der Waals surface area contributed by atoms with Crippen LogP contribution in [0, 0.1) is 18.3 Å². The minimum Gasteiger partial charge on any atom is -0.455 e. The van der Waals surface area contributed by atoms with Gasteiger partial charge in [-0.2, -0.15) is 5.26 Å². The van der Waals surface area contributed by atoms with E-state index < -0.39 is 0 Å². The van der Waals surface area contributed by atoms with Crippen molar-refractivity contribution in [1.82, 2.24) is 15.2 Å². The topological polar surface area (TPSA) is 111 Å². The number of aromatic nitrogens is 3. The van der Waals surface area contributed by atoms with E-state index in [1.165, 1.54) is 6.07 Å². The summed E-state index contributed by atoms with van der Waals surface area (Å²) in [7, 11) is 0. The zero-order valence-electron chi connectivity index (χ0n) is 19.2. The van der Waals surface area contributed by atoms with Crippen LogP contribution in [-0.2, 0) is 6.42 Å². The molecule has 4 rings (SSSR count). The molecule has 0 spiro atoms. The Labute approximate surface area is 232 Å². The van der Waals surface area contributed by atoms with Crippen molar-refractivity contribution in [2.45, 2.75) is 27.2 Å². The first kappa shape index (κ1) is 27.9. The Bertz CT molecular complexity index is 1470. The maximum Gasteiger partial charge on any atom is 0.267 e. The first-order valence-corrected chi connectivity index (χ1v) is 12.4. The third-order valence-electron chi connectivity index (χ3n) is 4.77. The highest BCUT2D eigenvalue weighted by molar-refractivity contribution is 6.46. The maximum absolute atomic E-state index is 9.17. The smallest absolute Gasteiger partial charge is 0.267 e. The second-order valence-corrected chi connectivity index (χ2v) is 8.98. The SMILES string of the molecule is CC.Cc1c(Cc2nnc(-c3nc(Cl)c(Cl)c(N)c3Cl)o2)ccc(Cl)c1Oc1cc(Cl)cc(C#N)c1. The molecule has 186 valence electrons. The summed E-state index contributed by atoms with van der Waals surface area (Å²) < 4.78 is 11.7. The van der Waals surface area contributed by atoms with Crippen molar-refractivity contribution < 1.29 is 9.15 Å². The van der Waals surface area contributed by atoms with Gasteiger partial charge in [-0.3, -0.25) is 0 Å². The number of nitrogen functional groups attached to an aromatic ring is 1. The first-order valence-electron chi connectivity index (χ1n) is 10.5. The molecule has 0 aliphatic rings. The lowest BCUT2D eigenvalue weighted by Crippen LogP contribution is -1.97. The average Bonchev–Trinajstić information content (AvgIpc) is 3.33. The second-order valence-electron chi connectivity index (χ2n) is 7.02. The highest BCUT2D eigenvalue weighted by Crippen LogP contribution is 2.39. The Kier molecular flexibility index (Phi) is 9.29. The van der Waals surface area contributed by atoms with Crippen molar-refractivity contribution >= 4 is 63.7 Å². The molecule has 2 aromatic heterocycles. The van der Waals surface area contributed by atoms with Crippen LogP contribution in [0.15, 0.2) is 34.7 Å². The van der Waals surface area contributed by atoms with E-state index in [1.807, 2.05) is 32.9 Å². The van der Waals surface area contributed by atoms with Gasteiger partial charge in [-0.05, 0) is 42.3 Å². The molecule has 4 aromatic rings. The number of nitriles is 1. The molecule has 12 heteroatoms. The lowest BCUT2D eigenvalue weighted by molar-refractivity contribution is 0.477. The van der Waals surface area contributed by atoms with Crippen molar-refractivity contribution in [2.75, 3.05) is 5.73 Å². The Morgan fingerprint density at radius 1 is 1.03 bits per heavy atom. The van der Waals surface area contributed by atoms with E-state index in [1.54, 1.807) is 18.2 Å². The summed E-state index contributed by atoms with van der Waals surface area (Å²) in [5.74, 6) is 1.11. The molecule has 2 N–H and O–H groups in total. The standard InChI is InChI=1S/C22H12Cl5N5O2.C2H6/c1-9-11(2-3-14(24)20(9)33-13-5-10(8-28)4-12(23)7-13)6-15-31-32-22(34-15)19-16(25)18(29)17(26)21(27)30-19;1-2/h2-5,7H,6H2,1H3,(H2,29,30);1-2H3. The van der Waals surface area contributed by atoms with Gasteiger partial charge in [0, 0.05) is 5.02 Å². The van der Waals surface area contributed by atoms with Crippen molar-refractivity contribution in [3.8, 4) is 29.2 Å². The van der Waals surface area contributed by atoms with Gasteiger partial charge in [0.25, 0.3) is 5.89 Å². The molecule has 0 radical (unpaired) electrons. The number of nitrogens with zero attached hydrogens (tertiary/aromatic N) is 4. The predicted molar refractivity (Wildman–Crippen MR) is 144 cm³/mol. The summed E-state index contributed by atoms with van der Waals surface area (Å²) in [6.07, 6.45) is 0.264. The van der Waals surface area contributed by atoms with Gasteiger partial charge in [0.2, 0.25) is 5.89 Å². The molecule has 0 fully saturated rings. The zero-order chi connectivity index (χ0) is 26.6. The summed E-state index contributed by atoms with van der Waals surface area (Å²) in [6, 6.07) is 10.2. The summed E-state index contributed by atoms with van der Waals surface area (Å²) >= 11 is 30.7. The fourth-order valence-electron chi connectivity index (χ4n) is 3.08. The Morgan fingerprint density at radius 2 is 1.75 bits per heavy atom. The summed E-state index contributed by atoms with van der Waals surface area (Å²) in [6.45, 7) is 5.83. The Morgan fingerprint density at radius 3 is 2.44 bits per heavy atom. The first-order chi connectivity index (χ1) is 17.2. The Hall–Kier alpha value is -2.73. The molecule has 0 saturated carbocycles. The molecule has 0 saturated heterocycles. The van der Waals surface area contributed by atoms with E-state index in [0.717, 1.165) is 11.1 Å². The van der Waals surface area contributed by atoms with Gasteiger partial charge in [0.1, 0.15) is 22.2 Å². The molecule has 0 aliphatic heterocycles. The van der Waals surface area contributed by atoms with Crippen molar-refractivity contribution in [3.63, 3.8) is 0 Å². The normalized spacial score (nSPS) is 10.4. The van der Waals surface area contributed by atoms with E-state index in [2.05, 4.69) is 15.2 Å². The molecule has 2 heterocycles. The molecule has 0 atom stereocenters. The molecule has 36 heavy (non-hydrogen) atoms. The van der Waals surface area contributed by atoms with E-state index in [0.29, 0.717) is 27.1 Å². The molecular weight excluding hydrogens is 568 g/mol. The van der Waals surface area contributed by atoms with Crippen LogP contribution in [0.5, 0.6) is 11.5 Å². The average molecular weight is 586 g/mol. The van der Waals surface area contributed by atoms with Crippen LogP contribution >= 0.6 is 58.0 Å². The van der Waals surface area contributed by atoms with Gasteiger partial charge in [-0.25, -0.2) is 4.98 Å². The van der Waals surface area contributed by atoms with E-state index in [-0.39, 0.29) is 44.8 Å². The number of hydrogen-bond donors (Lipinski definition) is 1. The minimum absolute atomic E-state index is 0.0331. The van der Waals surface area contributed by atoms with Crippen LogP contribution in [0.25, 0.3) is 11.6 Å². The summed E-state index contributed by atoms with van der Waals surface area (Å²) in [5, 5.41) is 18.0. The van der Waals surface area contributed by atoms with Gasteiger partial charge in [0.05, 0.1) is 33.8 Å². The second kappa shape index (κ2) is 12.0. The highest BCUT2D eigenvalue weighted by atomic mass is 35.5. The van der Waals surface area contributed by atoms with Crippen LogP contribution in [0.2, 0.25) is 25.2 Å². The fraction of sp³-hybridized carbons (Fsp3) is 0.167.